The Morgan fingerprint density at radius 1 is 1.32 bits per heavy atom. The first-order chi connectivity index (χ1) is 9.21. The zero-order valence-electron chi connectivity index (χ0n) is 11.2. The second-order valence-electron chi connectivity index (χ2n) is 4.42. The average molecular weight is 256 g/mol. The Bertz CT molecular complexity index is 724. The standard InChI is InChI=1S/C13H16N6/c1-4-9-8(7-19(3)18-9)12-15-10-5-6-11(14-2)16-13(10)17-12/h5-7H,4H2,1-3H3,(H2,14,15,16,17). The van der Waals surface area contributed by atoms with Crippen LogP contribution in [0.5, 0.6) is 0 Å². The van der Waals surface area contributed by atoms with Crippen LogP contribution < -0.4 is 5.32 Å². The smallest absolute Gasteiger partial charge is 0.180 e. The highest BCUT2D eigenvalue weighted by Crippen LogP contribution is 2.23. The molecule has 3 rings (SSSR count). The number of hydrogen-bond donors (Lipinski definition) is 2. The Balaban J connectivity index is 2.14. The van der Waals surface area contributed by atoms with Crippen molar-refractivity contribution < 1.29 is 0 Å². The lowest BCUT2D eigenvalue weighted by atomic mass is 10.2. The molecular weight excluding hydrogens is 240 g/mol. The highest BCUT2D eigenvalue weighted by atomic mass is 15.3. The van der Waals surface area contributed by atoms with Gasteiger partial charge >= 0.3 is 0 Å². The number of pyridine rings is 1. The SMILES string of the molecule is CCc1nn(C)cc1-c1nc2nc(NC)ccc2[nH]1. The predicted octanol–water partition coefficient (Wildman–Crippen LogP) is 1.96. The fourth-order valence-electron chi connectivity index (χ4n) is 2.15. The first-order valence-electron chi connectivity index (χ1n) is 6.28. The molecule has 19 heavy (non-hydrogen) atoms. The molecule has 0 aromatic carbocycles. The van der Waals surface area contributed by atoms with E-state index in [4.69, 9.17) is 0 Å². The van der Waals surface area contributed by atoms with Gasteiger partial charge in [-0.2, -0.15) is 5.10 Å². The minimum absolute atomic E-state index is 0.716. The minimum atomic E-state index is 0.716. The molecule has 6 nitrogen and oxygen atoms in total. The third kappa shape index (κ3) is 1.95. The van der Waals surface area contributed by atoms with Crippen LogP contribution in [0.25, 0.3) is 22.6 Å². The van der Waals surface area contributed by atoms with Gasteiger partial charge in [0.05, 0.1) is 16.8 Å². The number of fused-ring (bicyclic) bond motifs is 1. The van der Waals surface area contributed by atoms with Gasteiger partial charge in [0.25, 0.3) is 0 Å². The van der Waals surface area contributed by atoms with Crippen LogP contribution in [0, 0.1) is 0 Å². The lowest BCUT2D eigenvalue weighted by molar-refractivity contribution is 0.746. The molecule has 2 N–H and O–H groups in total. The van der Waals surface area contributed by atoms with Crippen LogP contribution in [0.3, 0.4) is 0 Å². The number of anilines is 1. The third-order valence-corrected chi connectivity index (χ3v) is 3.10. The van der Waals surface area contributed by atoms with Crippen molar-refractivity contribution in [3.05, 3.63) is 24.0 Å². The molecule has 0 saturated heterocycles. The van der Waals surface area contributed by atoms with E-state index in [2.05, 4.69) is 32.3 Å². The molecule has 3 aromatic heterocycles. The van der Waals surface area contributed by atoms with Crippen molar-refractivity contribution in [2.45, 2.75) is 13.3 Å². The van der Waals surface area contributed by atoms with Gasteiger partial charge in [0, 0.05) is 20.3 Å². The lowest BCUT2D eigenvalue weighted by Gasteiger charge is -1.95. The number of nitrogens with zero attached hydrogens (tertiary/aromatic N) is 4. The Morgan fingerprint density at radius 3 is 2.89 bits per heavy atom. The van der Waals surface area contributed by atoms with E-state index in [-0.39, 0.29) is 0 Å². The summed E-state index contributed by atoms with van der Waals surface area (Å²) in [4.78, 5) is 12.3. The van der Waals surface area contributed by atoms with Gasteiger partial charge in [-0.05, 0) is 18.6 Å². The van der Waals surface area contributed by atoms with E-state index in [9.17, 15) is 0 Å². The van der Waals surface area contributed by atoms with E-state index in [0.717, 1.165) is 34.8 Å². The summed E-state index contributed by atoms with van der Waals surface area (Å²) in [6.45, 7) is 2.09. The number of imidazole rings is 1. The third-order valence-electron chi connectivity index (χ3n) is 3.10. The van der Waals surface area contributed by atoms with Gasteiger partial charge in [0.1, 0.15) is 11.6 Å². The van der Waals surface area contributed by atoms with Crippen molar-refractivity contribution in [2.24, 2.45) is 7.05 Å². The van der Waals surface area contributed by atoms with Crippen molar-refractivity contribution in [3.63, 3.8) is 0 Å². The molecule has 0 radical (unpaired) electrons. The first-order valence-corrected chi connectivity index (χ1v) is 6.28. The maximum atomic E-state index is 4.55. The van der Waals surface area contributed by atoms with E-state index in [1.807, 2.05) is 37.1 Å². The zero-order chi connectivity index (χ0) is 13.4. The Hall–Kier alpha value is -2.37. The molecule has 3 heterocycles. The van der Waals surface area contributed by atoms with E-state index in [1.54, 1.807) is 0 Å². The number of rotatable bonds is 3. The van der Waals surface area contributed by atoms with E-state index < -0.39 is 0 Å². The van der Waals surface area contributed by atoms with Crippen molar-refractivity contribution in [3.8, 4) is 11.4 Å². The topological polar surface area (TPSA) is 71.4 Å². The Morgan fingerprint density at radius 2 is 2.16 bits per heavy atom. The van der Waals surface area contributed by atoms with Crippen LogP contribution in [0.4, 0.5) is 5.82 Å². The molecule has 0 fully saturated rings. The quantitative estimate of drug-likeness (QED) is 0.751. The second-order valence-corrected chi connectivity index (χ2v) is 4.42. The molecule has 0 amide bonds. The fraction of sp³-hybridized carbons (Fsp3) is 0.308. The number of aromatic amines is 1. The van der Waals surface area contributed by atoms with Crippen LogP contribution in [-0.4, -0.2) is 31.8 Å². The van der Waals surface area contributed by atoms with Crippen molar-refractivity contribution >= 4 is 17.0 Å². The van der Waals surface area contributed by atoms with Crippen LogP contribution in [0.15, 0.2) is 18.3 Å². The van der Waals surface area contributed by atoms with E-state index in [0.29, 0.717) is 5.65 Å². The lowest BCUT2D eigenvalue weighted by Crippen LogP contribution is -1.91. The van der Waals surface area contributed by atoms with Crippen LogP contribution in [0.1, 0.15) is 12.6 Å². The molecule has 98 valence electrons. The first kappa shape index (κ1) is 11.7. The molecule has 6 heteroatoms. The number of aromatic nitrogens is 5. The molecule has 0 bridgehead atoms. The van der Waals surface area contributed by atoms with Gasteiger partial charge in [-0.3, -0.25) is 4.68 Å². The van der Waals surface area contributed by atoms with Crippen LogP contribution >= 0.6 is 0 Å². The van der Waals surface area contributed by atoms with Crippen molar-refractivity contribution in [1.82, 2.24) is 24.7 Å². The Labute approximate surface area is 110 Å². The monoisotopic (exact) mass is 256 g/mol. The summed E-state index contributed by atoms with van der Waals surface area (Å²) in [7, 11) is 3.76. The van der Waals surface area contributed by atoms with Gasteiger partial charge in [-0.25, -0.2) is 9.97 Å². The summed E-state index contributed by atoms with van der Waals surface area (Å²) in [5.41, 5.74) is 3.72. The largest absolute Gasteiger partial charge is 0.373 e. The fourth-order valence-corrected chi connectivity index (χ4v) is 2.15. The van der Waals surface area contributed by atoms with Gasteiger partial charge < -0.3 is 10.3 Å². The summed E-state index contributed by atoms with van der Waals surface area (Å²) >= 11 is 0. The van der Waals surface area contributed by atoms with Crippen LogP contribution in [0.2, 0.25) is 0 Å². The van der Waals surface area contributed by atoms with Crippen molar-refractivity contribution in [1.29, 1.82) is 0 Å². The van der Waals surface area contributed by atoms with Crippen LogP contribution in [-0.2, 0) is 13.5 Å². The molecule has 0 spiro atoms. The molecule has 0 saturated carbocycles. The molecule has 0 aliphatic rings. The summed E-state index contributed by atoms with van der Waals surface area (Å²) in [5, 5.41) is 7.45. The summed E-state index contributed by atoms with van der Waals surface area (Å²) in [6.07, 6.45) is 2.86. The second kappa shape index (κ2) is 4.38. The van der Waals surface area contributed by atoms with Gasteiger partial charge in [-0.1, -0.05) is 6.92 Å². The predicted molar refractivity (Wildman–Crippen MR) is 75.0 cm³/mol. The Kier molecular flexibility index (Phi) is 2.70. The van der Waals surface area contributed by atoms with E-state index in [1.165, 1.54) is 0 Å². The highest BCUT2D eigenvalue weighted by Gasteiger charge is 2.13. The average Bonchev–Trinajstić information content (AvgIpc) is 3.00. The molecule has 0 aliphatic heterocycles. The molecular formula is C13H16N6. The highest BCUT2D eigenvalue weighted by molar-refractivity contribution is 5.77. The molecule has 0 aliphatic carbocycles. The number of nitrogens with one attached hydrogen (secondary N) is 2. The molecule has 0 unspecified atom stereocenters. The normalized spacial score (nSPS) is 11.1. The molecule has 0 atom stereocenters. The van der Waals surface area contributed by atoms with Gasteiger partial charge in [-0.15, -0.1) is 0 Å². The molecule has 3 aromatic rings. The van der Waals surface area contributed by atoms with Gasteiger partial charge in [0.15, 0.2) is 5.65 Å². The van der Waals surface area contributed by atoms with Crippen molar-refractivity contribution in [2.75, 3.05) is 12.4 Å². The number of hydrogen-bond acceptors (Lipinski definition) is 4. The summed E-state index contributed by atoms with van der Waals surface area (Å²) in [6, 6.07) is 3.90. The number of H-pyrrole nitrogens is 1. The summed E-state index contributed by atoms with van der Waals surface area (Å²) < 4.78 is 1.81. The maximum absolute atomic E-state index is 4.55. The summed E-state index contributed by atoms with van der Waals surface area (Å²) in [5.74, 6) is 1.63. The van der Waals surface area contributed by atoms with E-state index >= 15 is 0 Å². The number of aryl methyl sites for hydroxylation is 2. The minimum Gasteiger partial charge on any atom is -0.373 e. The van der Waals surface area contributed by atoms with Gasteiger partial charge in [0.2, 0.25) is 0 Å². The zero-order valence-corrected chi connectivity index (χ0v) is 11.2. The maximum Gasteiger partial charge on any atom is 0.180 e.